The lowest BCUT2D eigenvalue weighted by atomic mass is 10.0. The molecule has 0 fully saturated rings. The molecule has 0 aliphatic heterocycles. The fourth-order valence-electron chi connectivity index (χ4n) is 3.70. The lowest BCUT2D eigenvalue weighted by Gasteiger charge is -2.19. The fourth-order valence-corrected chi connectivity index (χ4v) is 4.72. The van der Waals surface area contributed by atoms with Crippen LogP contribution in [0.5, 0.6) is 5.75 Å². The Kier molecular flexibility index (Phi) is 10.4. The number of thioether (sulfide) groups is 1. The number of fused-ring (bicyclic) bond motifs is 1. The number of amides is 2. The molecule has 0 radical (unpaired) electrons. The monoisotopic (exact) mass is 512 g/mol. The van der Waals surface area contributed by atoms with Crippen molar-refractivity contribution in [2.24, 2.45) is 0 Å². The van der Waals surface area contributed by atoms with Crippen molar-refractivity contribution >= 4 is 34.5 Å². The van der Waals surface area contributed by atoms with Gasteiger partial charge in [-0.2, -0.15) is 11.8 Å². The van der Waals surface area contributed by atoms with Crippen LogP contribution in [0.3, 0.4) is 0 Å². The van der Waals surface area contributed by atoms with Gasteiger partial charge in [-0.3, -0.25) is 9.59 Å². The predicted octanol–water partition coefficient (Wildman–Crippen LogP) is 2.96. The van der Waals surface area contributed by atoms with Crippen molar-refractivity contribution in [3.05, 3.63) is 75.6 Å². The van der Waals surface area contributed by atoms with Crippen LogP contribution in [-0.4, -0.2) is 48.5 Å². The summed E-state index contributed by atoms with van der Waals surface area (Å²) in [6.45, 7) is 3.73. The first kappa shape index (κ1) is 27.3. The van der Waals surface area contributed by atoms with E-state index in [2.05, 4.69) is 10.6 Å². The van der Waals surface area contributed by atoms with Gasteiger partial charge in [0.05, 0.1) is 0 Å². The number of aliphatic hydroxyl groups is 1. The van der Waals surface area contributed by atoms with Gasteiger partial charge in [0.2, 0.25) is 5.91 Å². The topological polar surface area (TPSA) is 118 Å². The summed E-state index contributed by atoms with van der Waals surface area (Å²) >= 11 is 1.54. The molecule has 3 N–H and O–H groups in total. The first-order chi connectivity index (χ1) is 17.4. The Balaban J connectivity index is 1.63. The highest BCUT2D eigenvalue weighted by molar-refractivity contribution is 7.98. The Hall–Kier alpha value is -3.30. The predicted molar refractivity (Wildman–Crippen MR) is 141 cm³/mol. The van der Waals surface area contributed by atoms with E-state index in [9.17, 15) is 14.4 Å². The van der Waals surface area contributed by atoms with Gasteiger partial charge >= 0.3 is 5.63 Å². The summed E-state index contributed by atoms with van der Waals surface area (Å²) in [4.78, 5) is 37.3. The van der Waals surface area contributed by atoms with Crippen LogP contribution in [0, 0.1) is 6.92 Å². The highest BCUT2D eigenvalue weighted by Crippen LogP contribution is 2.28. The van der Waals surface area contributed by atoms with Gasteiger partial charge in [0.25, 0.3) is 5.91 Å². The van der Waals surface area contributed by atoms with E-state index in [0.717, 1.165) is 16.5 Å². The lowest BCUT2D eigenvalue weighted by Crippen LogP contribution is -2.49. The molecule has 0 aliphatic carbocycles. The van der Waals surface area contributed by atoms with Gasteiger partial charge in [0, 0.05) is 41.7 Å². The van der Waals surface area contributed by atoms with Crippen molar-refractivity contribution in [2.45, 2.75) is 38.5 Å². The zero-order chi connectivity index (χ0) is 25.9. The number of benzene rings is 2. The SMILES string of the molecule is CCc1cc(=O)oc2c(C)c(OCC(=O)NC(CSCc3ccccc3)C(=O)NCCCO)ccc12. The Morgan fingerprint density at radius 2 is 1.94 bits per heavy atom. The molecule has 0 saturated heterocycles. The summed E-state index contributed by atoms with van der Waals surface area (Å²) in [6.07, 6.45) is 1.12. The molecule has 1 atom stereocenters. The number of nitrogens with one attached hydrogen (secondary N) is 2. The molecule has 2 amide bonds. The van der Waals surface area contributed by atoms with Crippen LogP contribution in [-0.2, 0) is 21.8 Å². The summed E-state index contributed by atoms with van der Waals surface area (Å²) in [5, 5.41) is 15.3. The van der Waals surface area contributed by atoms with Gasteiger partial charge in [-0.05, 0) is 43.0 Å². The number of hydrogen-bond acceptors (Lipinski definition) is 7. The third kappa shape index (κ3) is 7.60. The Labute approximate surface area is 214 Å². The number of rotatable bonds is 13. The molecule has 0 aliphatic rings. The van der Waals surface area contributed by atoms with Crippen molar-refractivity contribution in [3.8, 4) is 5.75 Å². The van der Waals surface area contributed by atoms with Crippen molar-refractivity contribution in [3.63, 3.8) is 0 Å². The standard InChI is InChI=1S/C27H32N2O6S/c1-3-20-14-25(32)35-26-18(2)23(11-10-21(20)26)34-15-24(31)29-22(27(33)28-12-7-13-30)17-36-16-19-8-5-4-6-9-19/h4-6,8-11,14,22,30H,3,7,12-13,15-17H2,1-2H3,(H,28,33)(H,29,31). The lowest BCUT2D eigenvalue weighted by molar-refractivity contribution is -0.129. The molecular weight excluding hydrogens is 480 g/mol. The first-order valence-corrected chi connectivity index (χ1v) is 13.1. The van der Waals surface area contributed by atoms with E-state index in [-0.39, 0.29) is 19.1 Å². The second-order valence-electron chi connectivity index (χ2n) is 8.29. The molecule has 192 valence electrons. The molecule has 0 saturated carbocycles. The Morgan fingerprint density at radius 1 is 1.17 bits per heavy atom. The van der Waals surface area contributed by atoms with Gasteiger partial charge in [-0.25, -0.2) is 4.79 Å². The molecule has 9 heteroatoms. The number of aliphatic hydroxyl groups excluding tert-OH is 1. The maximum Gasteiger partial charge on any atom is 0.336 e. The van der Waals surface area contributed by atoms with Crippen LogP contribution in [0.1, 0.15) is 30.0 Å². The van der Waals surface area contributed by atoms with Crippen molar-refractivity contribution in [1.82, 2.24) is 10.6 Å². The van der Waals surface area contributed by atoms with E-state index in [1.807, 2.05) is 43.3 Å². The zero-order valence-electron chi connectivity index (χ0n) is 20.5. The minimum atomic E-state index is -0.753. The summed E-state index contributed by atoms with van der Waals surface area (Å²) in [5.74, 6) is 0.755. The van der Waals surface area contributed by atoms with E-state index >= 15 is 0 Å². The van der Waals surface area contributed by atoms with Gasteiger partial charge in [0.1, 0.15) is 17.4 Å². The van der Waals surface area contributed by atoms with E-state index in [1.54, 1.807) is 13.0 Å². The Morgan fingerprint density at radius 3 is 2.67 bits per heavy atom. The average Bonchev–Trinajstić information content (AvgIpc) is 2.88. The zero-order valence-corrected chi connectivity index (χ0v) is 21.4. The van der Waals surface area contributed by atoms with Crippen LogP contribution in [0.2, 0.25) is 0 Å². The van der Waals surface area contributed by atoms with E-state index < -0.39 is 17.6 Å². The van der Waals surface area contributed by atoms with E-state index in [0.29, 0.717) is 47.8 Å². The summed E-state index contributed by atoms with van der Waals surface area (Å²) < 4.78 is 11.1. The maximum absolute atomic E-state index is 12.7. The summed E-state index contributed by atoms with van der Waals surface area (Å²) in [5.41, 5.74) is 2.65. The average molecular weight is 513 g/mol. The van der Waals surface area contributed by atoms with Crippen LogP contribution in [0.15, 0.2) is 57.7 Å². The van der Waals surface area contributed by atoms with Crippen LogP contribution in [0.25, 0.3) is 11.0 Å². The molecule has 1 aromatic heterocycles. The smallest absolute Gasteiger partial charge is 0.336 e. The molecule has 1 heterocycles. The van der Waals surface area contributed by atoms with Gasteiger partial charge in [-0.1, -0.05) is 37.3 Å². The number of carbonyl (C=O) groups excluding carboxylic acids is 2. The number of aryl methyl sites for hydroxylation is 2. The third-order valence-corrected chi connectivity index (χ3v) is 6.72. The molecule has 8 nitrogen and oxygen atoms in total. The van der Waals surface area contributed by atoms with Crippen molar-refractivity contribution in [2.75, 3.05) is 25.5 Å². The highest BCUT2D eigenvalue weighted by atomic mass is 32.2. The number of hydrogen-bond donors (Lipinski definition) is 3. The van der Waals surface area contributed by atoms with E-state index in [4.69, 9.17) is 14.3 Å². The van der Waals surface area contributed by atoms with Crippen LogP contribution < -0.4 is 21.0 Å². The largest absolute Gasteiger partial charge is 0.483 e. The van der Waals surface area contributed by atoms with Crippen molar-refractivity contribution < 1.29 is 23.8 Å². The molecule has 3 rings (SSSR count). The van der Waals surface area contributed by atoms with Crippen LogP contribution >= 0.6 is 11.8 Å². The summed E-state index contributed by atoms with van der Waals surface area (Å²) in [7, 11) is 0. The molecule has 2 aromatic carbocycles. The van der Waals surface area contributed by atoms with Gasteiger partial charge in [-0.15, -0.1) is 0 Å². The molecule has 1 unspecified atom stereocenters. The van der Waals surface area contributed by atoms with Crippen LogP contribution in [0.4, 0.5) is 0 Å². The fraction of sp³-hybridized carbons (Fsp3) is 0.370. The first-order valence-electron chi connectivity index (χ1n) is 11.9. The molecule has 0 spiro atoms. The summed E-state index contributed by atoms with van der Waals surface area (Å²) in [6, 6.07) is 14.2. The minimum Gasteiger partial charge on any atom is -0.483 e. The maximum atomic E-state index is 12.7. The molecule has 36 heavy (non-hydrogen) atoms. The quantitative estimate of drug-likeness (QED) is 0.238. The van der Waals surface area contributed by atoms with Gasteiger partial charge in [0.15, 0.2) is 6.61 Å². The minimum absolute atomic E-state index is 0.0289. The second-order valence-corrected chi connectivity index (χ2v) is 9.32. The molecular formula is C27H32N2O6S. The molecule has 3 aromatic rings. The highest BCUT2D eigenvalue weighted by Gasteiger charge is 2.21. The number of ether oxygens (including phenoxy) is 1. The Bertz CT molecular complexity index is 1230. The third-order valence-electron chi connectivity index (χ3n) is 5.62. The number of carbonyl (C=O) groups is 2. The molecule has 0 bridgehead atoms. The van der Waals surface area contributed by atoms with Gasteiger partial charge < -0.3 is 24.9 Å². The normalized spacial score (nSPS) is 11.8. The van der Waals surface area contributed by atoms with E-state index in [1.165, 1.54) is 17.8 Å². The van der Waals surface area contributed by atoms with Crippen molar-refractivity contribution in [1.29, 1.82) is 0 Å². The second kappa shape index (κ2) is 13.7.